The number of piperazine rings is 1. The zero-order chi connectivity index (χ0) is 22.7. The summed E-state index contributed by atoms with van der Waals surface area (Å²) in [6, 6.07) is 13.4. The number of hydrogen-bond acceptors (Lipinski definition) is 8. The van der Waals surface area contributed by atoms with Gasteiger partial charge in [-0.05, 0) is 50.2 Å². The molecule has 0 unspecified atom stereocenters. The summed E-state index contributed by atoms with van der Waals surface area (Å²) in [6.07, 6.45) is 1.79. The van der Waals surface area contributed by atoms with Crippen LogP contribution in [0.2, 0.25) is 0 Å². The fourth-order valence-electron chi connectivity index (χ4n) is 3.64. The van der Waals surface area contributed by atoms with Gasteiger partial charge in [-0.15, -0.1) is 0 Å². The molecule has 0 saturated carbocycles. The van der Waals surface area contributed by atoms with Gasteiger partial charge in [-0.1, -0.05) is 10.9 Å². The molecule has 1 aliphatic rings. The number of aromatic amines is 1. The molecule has 1 aromatic carbocycles. The Labute approximate surface area is 189 Å². The predicted molar refractivity (Wildman–Crippen MR) is 124 cm³/mol. The van der Waals surface area contributed by atoms with Crippen LogP contribution < -0.4 is 10.2 Å². The lowest BCUT2D eigenvalue weighted by Crippen LogP contribution is -2.49. The SMILES string of the molecule is CO[S-](=O)=Nc1c#cc2[nH]c(C(=O)N3CCN(c4ncccc4NC(C)C)CC3)cc2c1. The number of pyridine rings is 1. The molecule has 0 spiro atoms. The van der Waals surface area contributed by atoms with Gasteiger partial charge in [-0.3, -0.25) is 4.79 Å². The lowest BCUT2D eigenvalue weighted by atomic mass is 10.2. The molecule has 2 aromatic heterocycles. The quantitative estimate of drug-likeness (QED) is 0.555. The molecule has 9 nitrogen and oxygen atoms in total. The van der Waals surface area contributed by atoms with E-state index in [9.17, 15) is 9.00 Å². The second-order valence-corrected chi connectivity index (χ2v) is 8.67. The molecule has 1 saturated heterocycles. The summed E-state index contributed by atoms with van der Waals surface area (Å²) in [5.41, 5.74) is 2.47. The zero-order valence-corrected chi connectivity index (χ0v) is 19.0. The van der Waals surface area contributed by atoms with E-state index in [0.717, 1.165) is 16.9 Å². The van der Waals surface area contributed by atoms with Gasteiger partial charge < -0.3 is 32.9 Å². The lowest BCUT2D eigenvalue weighted by Gasteiger charge is -2.36. The summed E-state index contributed by atoms with van der Waals surface area (Å²) in [7, 11) is -0.468. The predicted octanol–water partition coefficient (Wildman–Crippen LogP) is 3.29. The van der Waals surface area contributed by atoms with E-state index in [1.807, 2.05) is 17.0 Å². The topological polar surface area (TPSA) is 103 Å². The van der Waals surface area contributed by atoms with Crippen LogP contribution in [0.25, 0.3) is 10.9 Å². The van der Waals surface area contributed by atoms with Crippen LogP contribution in [0, 0.1) is 12.1 Å². The maximum absolute atomic E-state index is 13.1. The van der Waals surface area contributed by atoms with Gasteiger partial charge in [-0.2, -0.15) is 0 Å². The average Bonchev–Trinajstić information content (AvgIpc) is 3.22. The van der Waals surface area contributed by atoms with Crippen molar-refractivity contribution in [2.24, 2.45) is 4.36 Å². The van der Waals surface area contributed by atoms with Crippen molar-refractivity contribution in [1.29, 1.82) is 0 Å². The Hall–Kier alpha value is -3.29. The van der Waals surface area contributed by atoms with Gasteiger partial charge in [0.15, 0.2) is 5.82 Å². The maximum Gasteiger partial charge on any atom is 0.270 e. The number of nitrogens with one attached hydrogen (secondary N) is 2. The van der Waals surface area contributed by atoms with Crippen LogP contribution in [-0.2, 0) is 19.3 Å². The van der Waals surface area contributed by atoms with Crippen molar-refractivity contribution < 1.29 is 13.2 Å². The van der Waals surface area contributed by atoms with Crippen molar-refractivity contribution in [3.63, 3.8) is 0 Å². The molecule has 0 aliphatic carbocycles. The van der Waals surface area contributed by atoms with Crippen LogP contribution in [0.4, 0.5) is 17.2 Å². The molecule has 4 rings (SSSR count). The molecule has 0 radical (unpaired) electrons. The van der Waals surface area contributed by atoms with Crippen LogP contribution in [0.3, 0.4) is 0 Å². The highest BCUT2D eigenvalue weighted by atomic mass is 32.2. The van der Waals surface area contributed by atoms with Gasteiger partial charge in [0.1, 0.15) is 5.69 Å². The Bertz CT molecular complexity index is 1190. The molecule has 3 heterocycles. The van der Waals surface area contributed by atoms with Crippen molar-refractivity contribution in [3.05, 3.63) is 48.3 Å². The fourth-order valence-corrected chi connectivity index (χ4v) is 3.98. The van der Waals surface area contributed by atoms with Crippen molar-refractivity contribution in [2.75, 3.05) is 43.5 Å². The lowest BCUT2D eigenvalue weighted by molar-refractivity contribution is 0.0741. The van der Waals surface area contributed by atoms with Gasteiger partial charge in [0, 0.05) is 50.9 Å². The summed E-state index contributed by atoms with van der Waals surface area (Å²) in [4.78, 5) is 24.7. The van der Waals surface area contributed by atoms with E-state index in [-0.39, 0.29) is 5.91 Å². The van der Waals surface area contributed by atoms with Gasteiger partial charge in [-0.25, -0.2) is 4.98 Å². The summed E-state index contributed by atoms with van der Waals surface area (Å²) >= 11 is 0. The summed E-state index contributed by atoms with van der Waals surface area (Å²) in [6.45, 7) is 6.77. The van der Waals surface area contributed by atoms with Crippen LogP contribution in [-0.4, -0.2) is 60.1 Å². The maximum atomic E-state index is 13.1. The minimum atomic E-state index is -1.78. The first-order chi connectivity index (χ1) is 15.4. The highest BCUT2D eigenvalue weighted by molar-refractivity contribution is 7.69. The molecule has 1 aliphatic heterocycles. The molecule has 3 aromatic rings. The highest BCUT2D eigenvalue weighted by Gasteiger charge is 2.25. The average molecular weight is 454 g/mol. The van der Waals surface area contributed by atoms with Gasteiger partial charge in [0.25, 0.3) is 5.91 Å². The second kappa shape index (κ2) is 9.46. The molecular weight excluding hydrogens is 428 g/mol. The standard InChI is InChI=1S/C22H25N6O3S/c1-15(2)24-19-5-4-8-23-21(19)27-9-11-28(12-10-27)22(29)20-14-16-13-17(26-32(30)31-3)6-7-18(16)25-20/h4-5,8,13-15,24-25H,9-12H2,1-3H3/q-1. The van der Waals surface area contributed by atoms with E-state index >= 15 is 0 Å². The first-order valence-corrected chi connectivity index (χ1v) is 11.4. The summed E-state index contributed by atoms with van der Waals surface area (Å²) in [5, 5.41) is 4.18. The van der Waals surface area contributed by atoms with E-state index in [2.05, 4.69) is 54.7 Å². The summed E-state index contributed by atoms with van der Waals surface area (Å²) < 4.78 is 20.0. The van der Waals surface area contributed by atoms with E-state index in [1.165, 1.54) is 7.11 Å². The van der Waals surface area contributed by atoms with Crippen LogP contribution in [0.5, 0.6) is 0 Å². The Morgan fingerprint density at radius 2 is 2.06 bits per heavy atom. The number of amides is 1. The normalized spacial score (nSPS) is 15.2. The summed E-state index contributed by atoms with van der Waals surface area (Å²) in [5.74, 6) is 0.837. The molecular formula is C22H25N6O3S-. The number of nitrogens with zero attached hydrogens (tertiary/aromatic N) is 4. The van der Waals surface area contributed by atoms with Crippen molar-refractivity contribution in [2.45, 2.75) is 19.9 Å². The van der Waals surface area contributed by atoms with Crippen molar-refractivity contribution in [1.82, 2.24) is 14.9 Å². The smallest absolute Gasteiger partial charge is 0.270 e. The van der Waals surface area contributed by atoms with Crippen LogP contribution in [0.15, 0.2) is 34.8 Å². The first-order valence-electron chi connectivity index (χ1n) is 10.3. The van der Waals surface area contributed by atoms with Gasteiger partial charge in [0.2, 0.25) is 0 Å². The Balaban J connectivity index is 1.46. The second-order valence-electron chi connectivity index (χ2n) is 7.72. The number of anilines is 2. The molecule has 32 heavy (non-hydrogen) atoms. The number of carbonyl (C=O) groups excluding carboxylic acids is 1. The number of hydrogen-bond donors (Lipinski definition) is 2. The number of fused-ring (bicyclic) bond motifs is 1. The third kappa shape index (κ3) is 4.79. The molecule has 168 valence electrons. The van der Waals surface area contributed by atoms with E-state index in [4.69, 9.17) is 0 Å². The van der Waals surface area contributed by atoms with Crippen LogP contribution >= 0.6 is 0 Å². The van der Waals surface area contributed by atoms with Crippen LogP contribution in [0.1, 0.15) is 24.3 Å². The molecule has 2 N–H and O–H groups in total. The molecule has 0 bridgehead atoms. The molecule has 1 fully saturated rings. The monoisotopic (exact) mass is 453 g/mol. The Kier molecular flexibility index (Phi) is 6.48. The Morgan fingerprint density at radius 3 is 2.78 bits per heavy atom. The zero-order valence-electron chi connectivity index (χ0n) is 18.2. The fraction of sp³-hybridized carbons (Fsp3) is 0.364. The largest absolute Gasteiger partial charge is 0.441 e. The minimum absolute atomic E-state index is 0.0743. The highest BCUT2D eigenvalue weighted by Crippen LogP contribution is 2.25. The number of aromatic nitrogens is 2. The number of carbonyl (C=O) groups is 1. The first kappa shape index (κ1) is 21.9. The number of rotatable bonds is 6. The van der Waals surface area contributed by atoms with Crippen molar-refractivity contribution in [3.8, 4) is 0 Å². The third-order valence-corrected chi connectivity index (χ3v) is 5.73. The van der Waals surface area contributed by atoms with Crippen molar-refractivity contribution >= 4 is 44.9 Å². The molecule has 1 amide bonds. The minimum Gasteiger partial charge on any atom is -0.441 e. The number of H-pyrrole nitrogens is 1. The van der Waals surface area contributed by atoms with E-state index in [1.54, 1.807) is 18.3 Å². The molecule has 10 heteroatoms. The molecule has 0 atom stereocenters. The Morgan fingerprint density at radius 1 is 1.28 bits per heavy atom. The van der Waals surface area contributed by atoms with Gasteiger partial charge >= 0.3 is 0 Å². The van der Waals surface area contributed by atoms with E-state index in [0.29, 0.717) is 49.1 Å². The van der Waals surface area contributed by atoms with Gasteiger partial charge in [0.05, 0.1) is 16.9 Å². The third-order valence-electron chi connectivity index (χ3n) is 5.10. The van der Waals surface area contributed by atoms with E-state index < -0.39 is 10.9 Å².